The average Bonchev–Trinajstić information content (AvgIpc) is 2.51. The Morgan fingerprint density at radius 2 is 2.26 bits per heavy atom. The lowest BCUT2D eigenvalue weighted by atomic mass is 9.96. The maximum atomic E-state index is 14.0. The standard InChI is InChI=1S/C14H18ClFN2O/c1-2-18-13(19)5-3-4-12(17)14(18)10-8-9(15)6-7-11(10)16/h6-8,12,14H,2-5,17H2,1H3. The van der Waals surface area contributed by atoms with Crippen molar-refractivity contribution in [1.82, 2.24) is 4.90 Å². The van der Waals surface area contributed by atoms with Crippen LogP contribution in [-0.4, -0.2) is 23.4 Å². The predicted molar refractivity (Wildman–Crippen MR) is 73.4 cm³/mol. The Labute approximate surface area is 117 Å². The largest absolute Gasteiger partial charge is 0.334 e. The molecule has 19 heavy (non-hydrogen) atoms. The zero-order valence-corrected chi connectivity index (χ0v) is 11.7. The monoisotopic (exact) mass is 284 g/mol. The molecule has 0 spiro atoms. The summed E-state index contributed by atoms with van der Waals surface area (Å²) in [6.07, 6.45) is 1.92. The number of likely N-dealkylation sites (N-methyl/N-ethyl adjacent to an activating group) is 1. The summed E-state index contributed by atoms with van der Waals surface area (Å²) >= 11 is 5.94. The summed E-state index contributed by atoms with van der Waals surface area (Å²) in [4.78, 5) is 13.7. The summed E-state index contributed by atoms with van der Waals surface area (Å²) < 4.78 is 14.0. The van der Waals surface area contributed by atoms with Crippen molar-refractivity contribution in [2.45, 2.75) is 38.3 Å². The second-order valence-electron chi connectivity index (χ2n) is 4.85. The molecule has 0 bridgehead atoms. The van der Waals surface area contributed by atoms with E-state index in [1.807, 2.05) is 6.92 Å². The van der Waals surface area contributed by atoms with Gasteiger partial charge in [0.15, 0.2) is 0 Å². The molecule has 1 aromatic rings. The molecule has 0 radical (unpaired) electrons. The molecule has 0 saturated carbocycles. The van der Waals surface area contributed by atoms with Gasteiger partial charge in [-0.2, -0.15) is 0 Å². The number of hydrogen-bond acceptors (Lipinski definition) is 2. The van der Waals surface area contributed by atoms with Crippen molar-refractivity contribution in [3.05, 3.63) is 34.6 Å². The van der Waals surface area contributed by atoms with E-state index in [9.17, 15) is 9.18 Å². The smallest absolute Gasteiger partial charge is 0.223 e. The maximum Gasteiger partial charge on any atom is 0.223 e. The van der Waals surface area contributed by atoms with E-state index in [1.54, 1.807) is 11.0 Å². The topological polar surface area (TPSA) is 46.3 Å². The van der Waals surface area contributed by atoms with Crippen molar-refractivity contribution < 1.29 is 9.18 Å². The molecule has 2 atom stereocenters. The second-order valence-corrected chi connectivity index (χ2v) is 5.28. The van der Waals surface area contributed by atoms with Crippen LogP contribution in [0.1, 0.15) is 37.8 Å². The van der Waals surface area contributed by atoms with E-state index >= 15 is 0 Å². The molecule has 1 aliphatic heterocycles. The van der Waals surface area contributed by atoms with Crippen LogP contribution in [0.25, 0.3) is 0 Å². The van der Waals surface area contributed by atoms with Crippen LogP contribution in [-0.2, 0) is 4.79 Å². The zero-order valence-electron chi connectivity index (χ0n) is 10.9. The van der Waals surface area contributed by atoms with E-state index < -0.39 is 6.04 Å². The van der Waals surface area contributed by atoms with Gasteiger partial charge < -0.3 is 10.6 Å². The molecule has 0 aromatic heterocycles. The third kappa shape index (κ3) is 2.90. The van der Waals surface area contributed by atoms with Gasteiger partial charge in [-0.3, -0.25) is 4.79 Å². The Morgan fingerprint density at radius 1 is 1.53 bits per heavy atom. The minimum absolute atomic E-state index is 0.0276. The summed E-state index contributed by atoms with van der Waals surface area (Å²) in [5.74, 6) is -0.335. The van der Waals surface area contributed by atoms with Gasteiger partial charge in [-0.25, -0.2) is 4.39 Å². The second kappa shape index (κ2) is 5.88. The van der Waals surface area contributed by atoms with Crippen LogP contribution in [0, 0.1) is 5.82 Å². The fraction of sp³-hybridized carbons (Fsp3) is 0.500. The number of amides is 1. The molecular weight excluding hydrogens is 267 g/mol. The first-order valence-corrected chi connectivity index (χ1v) is 6.92. The zero-order chi connectivity index (χ0) is 14.0. The molecule has 1 saturated heterocycles. The van der Waals surface area contributed by atoms with Gasteiger partial charge in [0.2, 0.25) is 5.91 Å². The lowest BCUT2D eigenvalue weighted by Crippen LogP contribution is -2.42. The molecule has 104 valence electrons. The van der Waals surface area contributed by atoms with Crippen molar-refractivity contribution in [1.29, 1.82) is 0 Å². The summed E-state index contributed by atoms with van der Waals surface area (Å²) in [6.45, 7) is 2.40. The molecule has 2 unspecified atom stereocenters. The Hall–Kier alpha value is -1.13. The first kappa shape index (κ1) is 14.3. The molecule has 1 amide bonds. The van der Waals surface area contributed by atoms with Gasteiger partial charge in [0.05, 0.1) is 6.04 Å². The van der Waals surface area contributed by atoms with Crippen LogP contribution < -0.4 is 5.73 Å². The molecule has 5 heteroatoms. The normalized spacial score (nSPS) is 24.4. The third-order valence-corrected chi connectivity index (χ3v) is 3.84. The minimum atomic E-state index is -0.432. The predicted octanol–water partition coefficient (Wildman–Crippen LogP) is 2.88. The molecule has 0 aliphatic carbocycles. The highest BCUT2D eigenvalue weighted by molar-refractivity contribution is 6.30. The van der Waals surface area contributed by atoms with Crippen molar-refractivity contribution in [3.8, 4) is 0 Å². The van der Waals surface area contributed by atoms with E-state index in [0.717, 1.165) is 6.42 Å². The maximum absolute atomic E-state index is 14.0. The summed E-state index contributed by atoms with van der Waals surface area (Å²) in [7, 11) is 0. The van der Waals surface area contributed by atoms with Crippen molar-refractivity contribution >= 4 is 17.5 Å². The van der Waals surface area contributed by atoms with Gasteiger partial charge >= 0.3 is 0 Å². The van der Waals surface area contributed by atoms with Gasteiger partial charge in [0.1, 0.15) is 5.82 Å². The highest BCUT2D eigenvalue weighted by Crippen LogP contribution is 2.32. The quantitative estimate of drug-likeness (QED) is 0.908. The molecule has 1 aliphatic rings. The van der Waals surface area contributed by atoms with Gasteiger partial charge in [-0.05, 0) is 38.0 Å². The van der Waals surface area contributed by atoms with Gasteiger partial charge in [-0.15, -0.1) is 0 Å². The van der Waals surface area contributed by atoms with E-state index in [0.29, 0.717) is 30.0 Å². The van der Waals surface area contributed by atoms with Crippen LogP contribution in [0.3, 0.4) is 0 Å². The summed E-state index contributed by atoms with van der Waals surface area (Å²) in [5, 5.41) is 0.455. The first-order chi connectivity index (χ1) is 9.04. The van der Waals surface area contributed by atoms with Crippen LogP contribution in [0.2, 0.25) is 5.02 Å². The molecule has 1 aromatic carbocycles. The molecule has 2 N–H and O–H groups in total. The number of carbonyl (C=O) groups is 1. The van der Waals surface area contributed by atoms with E-state index in [-0.39, 0.29) is 17.8 Å². The number of nitrogens with zero attached hydrogens (tertiary/aromatic N) is 1. The number of rotatable bonds is 2. The molecule has 1 heterocycles. The first-order valence-electron chi connectivity index (χ1n) is 6.54. The summed E-state index contributed by atoms with van der Waals surface area (Å²) in [6, 6.07) is 3.70. The lowest BCUT2D eigenvalue weighted by molar-refractivity contribution is -0.133. The Balaban J connectivity index is 2.47. The highest BCUT2D eigenvalue weighted by atomic mass is 35.5. The van der Waals surface area contributed by atoms with Crippen molar-refractivity contribution in [2.75, 3.05) is 6.54 Å². The fourth-order valence-corrected chi connectivity index (χ4v) is 2.87. The van der Waals surface area contributed by atoms with E-state index in [2.05, 4.69) is 0 Å². The lowest BCUT2D eigenvalue weighted by Gasteiger charge is -2.33. The van der Waals surface area contributed by atoms with E-state index in [4.69, 9.17) is 17.3 Å². The Bertz CT molecular complexity index is 481. The highest BCUT2D eigenvalue weighted by Gasteiger charge is 2.33. The van der Waals surface area contributed by atoms with Crippen LogP contribution in [0.5, 0.6) is 0 Å². The Morgan fingerprint density at radius 3 is 2.95 bits per heavy atom. The molecule has 1 fully saturated rings. The van der Waals surface area contributed by atoms with Gasteiger partial charge in [-0.1, -0.05) is 11.6 Å². The molecule has 3 nitrogen and oxygen atoms in total. The van der Waals surface area contributed by atoms with Crippen LogP contribution in [0.4, 0.5) is 4.39 Å². The Kier molecular flexibility index (Phi) is 4.42. The molecular formula is C14H18ClFN2O. The SMILES string of the molecule is CCN1C(=O)CCCC(N)C1c1cc(Cl)ccc1F. The van der Waals surface area contributed by atoms with Crippen molar-refractivity contribution in [2.24, 2.45) is 5.73 Å². The number of halogens is 2. The number of hydrogen-bond donors (Lipinski definition) is 1. The summed E-state index contributed by atoms with van der Waals surface area (Å²) in [5.41, 5.74) is 6.57. The number of benzene rings is 1. The number of carbonyl (C=O) groups excluding carboxylic acids is 1. The van der Waals surface area contributed by atoms with Gasteiger partial charge in [0.25, 0.3) is 0 Å². The number of nitrogens with two attached hydrogens (primary N) is 1. The minimum Gasteiger partial charge on any atom is -0.334 e. The molecule has 2 rings (SSSR count). The fourth-order valence-electron chi connectivity index (χ4n) is 2.69. The number of likely N-dealkylation sites (tertiary alicyclic amines) is 1. The van der Waals surface area contributed by atoms with E-state index in [1.165, 1.54) is 12.1 Å². The van der Waals surface area contributed by atoms with Crippen LogP contribution in [0.15, 0.2) is 18.2 Å². The van der Waals surface area contributed by atoms with Crippen LogP contribution >= 0.6 is 11.6 Å². The van der Waals surface area contributed by atoms with Gasteiger partial charge in [0, 0.05) is 29.6 Å². The third-order valence-electron chi connectivity index (χ3n) is 3.61. The van der Waals surface area contributed by atoms with Crippen molar-refractivity contribution in [3.63, 3.8) is 0 Å². The average molecular weight is 285 g/mol.